The van der Waals surface area contributed by atoms with Crippen molar-refractivity contribution in [1.29, 1.82) is 0 Å². The number of Topliss-reactive ketones (excluding diaryl/α,β-unsaturated/α-hetero) is 1. The molecule has 0 saturated heterocycles. The zero-order valence-corrected chi connectivity index (χ0v) is 31.2. The molecule has 4 aromatic carbocycles. The molecule has 12 nitrogen and oxygen atoms in total. The van der Waals surface area contributed by atoms with E-state index in [-0.39, 0.29) is 62.4 Å². The van der Waals surface area contributed by atoms with Crippen molar-refractivity contribution < 1.29 is 38.6 Å². The highest BCUT2D eigenvalue weighted by Crippen LogP contribution is 2.29. The number of unbranched alkanes of at least 4 members (excludes halogenated alkanes) is 1. The molecule has 2 atom stereocenters. The van der Waals surface area contributed by atoms with Crippen LogP contribution in [0.25, 0.3) is 0 Å². The number of fused-ring (bicyclic) bond motifs is 1. The Hall–Kier alpha value is -6.17. The van der Waals surface area contributed by atoms with Crippen LogP contribution in [0.5, 0.6) is 11.5 Å². The van der Waals surface area contributed by atoms with E-state index in [2.05, 4.69) is 16.0 Å². The summed E-state index contributed by atoms with van der Waals surface area (Å²) in [5, 5.41) is 17.7. The third-order valence-corrected chi connectivity index (χ3v) is 9.86. The van der Waals surface area contributed by atoms with E-state index in [1.165, 1.54) is 19.1 Å². The van der Waals surface area contributed by atoms with Crippen LogP contribution in [-0.2, 0) is 27.3 Å². The van der Waals surface area contributed by atoms with Crippen molar-refractivity contribution in [1.82, 2.24) is 20.9 Å². The van der Waals surface area contributed by atoms with Crippen LogP contribution in [0.15, 0.2) is 103 Å². The van der Waals surface area contributed by atoms with Crippen molar-refractivity contribution in [3.63, 3.8) is 0 Å². The van der Waals surface area contributed by atoms with E-state index in [0.29, 0.717) is 36.3 Å². The van der Waals surface area contributed by atoms with Crippen molar-refractivity contribution in [2.24, 2.45) is 0 Å². The zero-order valence-electron chi connectivity index (χ0n) is 31.2. The highest BCUT2D eigenvalue weighted by molar-refractivity contribution is 5.99. The molecular formula is C43H48N4O8. The second kappa shape index (κ2) is 19.8. The number of carboxylic acid groups (broad SMARTS) is 1. The molecule has 0 aliphatic carbocycles. The monoisotopic (exact) mass is 748 g/mol. The zero-order chi connectivity index (χ0) is 39.2. The molecule has 1 aliphatic heterocycles. The summed E-state index contributed by atoms with van der Waals surface area (Å²) in [6, 6.07) is 30.4. The Labute approximate surface area is 321 Å². The Morgan fingerprint density at radius 3 is 2.04 bits per heavy atom. The van der Waals surface area contributed by atoms with Crippen molar-refractivity contribution in [2.45, 2.75) is 63.1 Å². The van der Waals surface area contributed by atoms with Crippen molar-refractivity contribution >= 4 is 29.6 Å². The van der Waals surface area contributed by atoms with Crippen LogP contribution in [-0.4, -0.2) is 79.0 Å². The lowest BCUT2D eigenvalue weighted by Gasteiger charge is -2.36. The van der Waals surface area contributed by atoms with Gasteiger partial charge in [-0.1, -0.05) is 84.9 Å². The van der Waals surface area contributed by atoms with Gasteiger partial charge in [-0.05, 0) is 59.7 Å². The van der Waals surface area contributed by atoms with Gasteiger partial charge in [-0.25, -0.2) is 4.79 Å². The highest BCUT2D eigenvalue weighted by atomic mass is 16.5. The molecular weight excluding hydrogens is 700 g/mol. The van der Waals surface area contributed by atoms with Crippen molar-refractivity contribution in [3.05, 3.63) is 131 Å². The van der Waals surface area contributed by atoms with Crippen LogP contribution in [0.4, 0.5) is 4.79 Å². The number of benzene rings is 4. The minimum absolute atomic E-state index is 0.0426. The van der Waals surface area contributed by atoms with Gasteiger partial charge in [0.05, 0.1) is 14.2 Å². The van der Waals surface area contributed by atoms with E-state index in [4.69, 9.17) is 9.47 Å². The van der Waals surface area contributed by atoms with Gasteiger partial charge < -0.3 is 35.4 Å². The van der Waals surface area contributed by atoms with E-state index >= 15 is 0 Å². The summed E-state index contributed by atoms with van der Waals surface area (Å²) in [5.74, 6) is -0.504. The van der Waals surface area contributed by atoms with Gasteiger partial charge in [0.2, 0.25) is 17.7 Å². The summed E-state index contributed by atoms with van der Waals surface area (Å²) < 4.78 is 10.6. The van der Waals surface area contributed by atoms with E-state index in [9.17, 15) is 29.1 Å². The van der Waals surface area contributed by atoms with Crippen LogP contribution in [0.1, 0.15) is 70.6 Å². The molecule has 4 amide bonds. The number of hydrogen-bond acceptors (Lipinski definition) is 7. The molecule has 0 aromatic heterocycles. The molecule has 288 valence electrons. The molecule has 1 heterocycles. The number of rotatable bonds is 18. The van der Waals surface area contributed by atoms with Crippen LogP contribution in [0, 0.1) is 0 Å². The minimum atomic E-state index is -1.30. The molecule has 0 fully saturated rings. The topological polar surface area (TPSA) is 163 Å². The summed E-state index contributed by atoms with van der Waals surface area (Å²) in [4.78, 5) is 66.7. The molecule has 0 radical (unpaired) electrons. The average Bonchev–Trinajstić information content (AvgIpc) is 3.21. The molecule has 0 spiro atoms. The fourth-order valence-corrected chi connectivity index (χ4v) is 6.88. The van der Waals surface area contributed by atoms with Gasteiger partial charge in [0, 0.05) is 50.4 Å². The Morgan fingerprint density at radius 1 is 0.764 bits per heavy atom. The number of carbonyl (C=O) groups is 5. The van der Waals surface area contributed by atoms with Gasteiger partial charge in [-0.15, -0.1) is 0 Å². The fraction of sp³-hybridized carbons (Fsp3) is 0.326. The Bertz CT molecular complexity index is 1900. The first-order valence-corrected chi connectivity index (χ1v) is 18.4. The van der Waals surface area contributed by atoms with E-state index in [1.54, 1.807) is 18.2 Å². The predicted octanol–water partition coefficient (Wildman–Crippen LogP) is 5.49. The van der Waals surface area contributed by atoms with Gasteiger partial charge in [0.25, 0.3) is 0 Å². The maximum Gasteiger partial charge on any atom is 0.405 e. The maximum atomic E-state index is 13.6. The molecule has 4 N–H and O–H groups in total. The first-order chi connectivity index (χ1) is 26.7. The number of nitrogens with one attached hydrogen (secondary N) is 3. The van der Waals surface area contributed by atoms with Crippen LogP contribution >= 0.6 is 0 Å². The number of carbonyl (C=O) groups excluding carboxylic acids is 4. The SMILES string of the molecule is COc1ccc(C(=O)CCC(=O)N2Cc3ccccc3C[C@H]2C(=O)NCCCC[C@H](NC(=O)O)C(=O)NCC(c2ccccc2)c2ccccc2)cc1OC. The number of ether oxygens (including phenoxy) is 2. The molecule has 1 aliphatic rings. The number of amides is 4. The Morgan fingerprint density at radius 2 is 1.40 bits per heavy atom. The van der Waals surface area contributed by atoms with Crippen molar-refractivity contribution in [3.8, 4) is 11.5 Å². The Balaban J connectivity index is 1.15. The normalized spacial score (nSPS) is 13.9. The molecule has 12 heteroatoms. The van der Waals surface area contributed by atoms with Gasteiger partial charge in [-0.3, -0.25) is 19.2 Å². The lowest BCUT2D eigenvalue weighted by Crippen LogP contribution is -2.52. The summed E-state index contributed by atoms with van der Waals surface area (Å²) in [6.07, 6.45) is 0.0671. The second-order valence-corrected chi connectivity index (χ2v) is 13.4. The number of methoxy groups -OCH3 is 2. The smallest absolute Gasteiger partial charge is 0.405 e. The summed E-state index contributed by atoms with van der Waals surface area (Å²) in [6.45, 7) is 0.790. The van der Waals surface area contributed by atoms with Crippen LogP contribution in [0.2, 0.25) is 0 Å². The fourth-order valence-electron chi connectivity index (χ4n) is 6.88. The number of ketones is 1. The standard InChI is InChI=1S/C43H48N4O8/c1-54-38-22-20-32(26-39(38)55-2)37(48)21-23-40(49)47-28-33-18-10-9-17-31(33)25-36(47)42(51)44-24-12-11-19-35(46-43(52)53)41(50)45-27-34(29-13-5-3-6-14-29)30-15-7-4-8-16-30/h3-10,13-18,20,22,26,34-36,46H,11-12,19,21,23-25,27-28H2,1-2H3,(H,44,51)(H,45,50)(H,52,53)/t35-,36-/m0/s1. The van der Waals surface area contributed by atoms with E-state index in [0.717, 1.165) is 22.3 Å². The van der Waals surface area contributed by atoms with E-state index in [1.807, 2.05) is 84.9 Å². The molecule has 0 unspecified atom stereocenters. The van der Waals surface area contributed by atoms with Crippen LogP contribution in [0.3, 0.4) is 0 Å². The van der Waals surface area contributed by atoms with Gasteiger partial charge in [-0.2, -0.15) is 0 Å². The summed E-state index contributed by atoms with van der Waals surface area (Å²) in [7, 11) is 2.99. The predicted molar refractivity (Wildman–Crippen MR) is 207 cm³/mol. The average molecular weight is 749 g/mol. The largest absolute Gasteiger partial charge is 0.493 e. The molecule has 0 bridgehead atoms. The van der Waals surface area contributed by atoms with Crippen LogP contribution < -0.4 is 25.4 Å². The number of hydrogen-bond donors (Lipinski definition) is 4. The minimum Gasteiger partial charge on any atom is -0.493 e. The van der Waals surface area contributed by atoms with Gasteiger partial charge >= 0.3 is 6.09 Å². The van der Waals surface area contributed by atoms with Gasteiger partial charge in [0.15, 0.2) is 17.3 Å². The molecule has 5 rings (SSSR count). The third kappa shape index (κ3) is 10.9. The Kier molecular flexibility index (Phi) is 14.4. The third-order valence-electron chi connectivity index (χ3n) is 9.86. The van der Waals surface area contributed by atoms with Gasteiger partial charge in [0.1, 0.15) is 12.1 Å². The summed E-state index contributed by atoms with van der Waals surface area (Å²) in [5.41, 5.74) is 4.36. The summed E-state index contributed by atoms with van der Waals surface area (Å²) >= 11 is 0. The first kappa shape index (κ1) is 40.0. The lowest BCUT2D eigenvalue weighted by atomic mass is 9.91. The highest BCUT2D eigenvalue weighted by Gasteiger charge is 2.34. The maximum absolute atomic E-state index is 13.6. The van der Waals surface area contributed by atoms with Crippen molar-refractivity contribution in [2.75, 3.05) is 27.3 Å². The molecule has 4 aromatic rings. The number of nitrogens with zero attached hydrogens (tertiary/aromatic N) is 1. The first-order valence-electron chi connectivity index (χ1n) is 18.4. The molecule has 55 heavy (non-hydrogen) atoms. The molecule has 0 saturated carbocycles. The quantitative estimate of drug-likeness (QED) is 0.0767. The second-order valence-electron chi connectivity index (χ2n) is 13.4. The lowest BCUT2D eigenvalue weighted by molar-refractivity contribution is -0.141. The van der Waals surface area contributed by atoms with E-state index < -0.39 is 24.1 Å².